The fourth-order valence-electron chi connectivity index (χ4n) is 2.56. The first-order valence-electron chi connectivity index (χ1n) is 6.80. The number of nitrogen functional groups attached to an aromatic ring is 1. The average Bonchev–Trinajstić information content (AvgIpc) is 2.46. The van der Waals surface area contributed by atoms with E-state index in [1.807, 2.05) is 6.92 Å². The number of esters is 1. The lowest BCUT2D eigenvalue weighted by atomic mass is 10.0. The van der Waals surface area contributed by atoms with Crippen LogP contribution in [0.4, 0.5) is 5.69 Å². The number of benzene rings is 1. The molecule has 0 amide bonds. The Morgan fingerprint density at radius 1 is 1.43 bits per heavy atom. The summed E-state index contributed by atoms with van der Waals surface area (Å²) in [6, 6.07) is 4.86. The topological polar surface area (TPSA) is 89.7 Å². The Morgan fingerprint density at radius 2 is 2.14 bits per heavy atom. The Balaban J connectivity index is 2.28. The first kappa shape index (κ1) is 15.8. The molecule has 0 aromatic heterocycles. The number of ether oxygens (including phenoxy) is 1. The van der Waals surface area contributed by atoms with Gasteiger partial charge in [0.1, 0.15) is 4.90 Å². The summed E-state index contributed by atoms with van der Waals surface area (Å²) in [6.45, 7) is 2.38. The van der Waals surface area contributed by atoms with Crippen LogP contribution in [-0.2, 0) is 19.6 Å². The number of piperidine rings is 1. The molecule has 1 aromatic carbocycles. The molecule has 0 saturated carbocycles. The highest BCUT2D eigenvalue weighted by Gasteiger charge is 2.34. The summed E-state index contributed by atoms with van der Waals surface area (Å²) in [7, 11) is -2.37. The van der Waals surface area contributed by atoms with Gasteiger partial charge in [0.2, 0.25) is 10.0 Å². The molecular formula is C14H20N2O4S. The van der Waals surface area contributed by atoms with Crippen molar-refractivity contribution in [3.63, 3.8) is 0 Å². The van der Waals surface area contributed by atoms with E-state index in [9.17, 15) is 13.2 Å². The number of hydrogen-bond donors (Lipinski definition) is 1. The molecule has 0 aliphatic carbocycles. The van der Waals surface area contributed by atoms with Crippen molar-refractivity contribution in [3.8, 4) is 0 Å². The number of carbonyl (C=O) groups is 1. The maximum Gasteiger partial charge on any atom is 0.309 e. The normalized spacial score (nSPS) is 20.2. The summed E-state index contributed by atoms with van der Waals surface area (Å²) in [6.07, 6.45) is 1.27. The Bertz CT molecular complexity index is 642. The fraction of sp³-hybridized carbons (Fsp3) is 0.500. The summed E-state index contributed by atoms with van der Waals surface area (Å²) in [5.41, 5.74) is 6.97. The molecule has 1 heterocycles. The third-order valence-electron chi connectivity index (χ3n) is 3.70. The second-order valence-corrected chi connectivity index (χ2v) is 7.17. The number of anilines is 1. The lowest BCUT2D eigenvalue weighted by Crippen LogP contribution is -2.42. The van der Waals surface area contributed by atoms with E-state index in [0.29, 0.717) is 19.4 Å². The zero-order chi connectivity index (χ0) is 15.6. The summed E-state index contributed by atoms with van der Waals surface area (Å²) < 4.78 is 31.4. The highest BCUT2D eigenvalue weighted by molar-refractivity contribution is 7.89. The van der Waals surface area contributed by atoms with Crippen LogP contribution in [0.1, 0.15) is 18.4 Å². The van der Waals surface area contributed by atoms with Crippen LogP contribution in [0.25, 0.3) is 0 Å². The molecule has 1 atom stereocenters. The minimum Gasteiger partial charge on any atom is -0.469 e. The number of nitrogens with zero attached hydrogens (tertiary/aromatic N) is 1. The Morgan fingerprint density at radius 3 is 2.76 bits per heavy atom. The number of methoxy groups -OCH3 is 1. The molecule has 1 aliphatic heterocycles. The third-order valence-corrected chi connectivity index (χ3v) is 5.64. The SMILES string of the molecule is COC(=O)C1CCCN(S(=O)(=O)c2ccc(C)cc2N)C1. The zero-order valence-corrected chi connectivity index (χ0v) is 13.0. The maximum atomic E-state index is 12.7. The number of nitrogens with two attached hydrogens (primary N) is 1. The van der Waals surface area contributed by atoms with Gasteiger partial charge >= 0.3 is 5.97 Å². The van der Waals surface area contributed by atoms with Gasteiger partial charge in [-0.3, -0.25) is 4.79 Å². The Hall–Kier alpha value is -1.60. The predicted molar refractivity (Wildman–Crippen MR) is 79.1 cm³/mol. The molecule has 21 heavy (non-hydrogen) atoms. The van der Waals surface area contributed by atoms with E-state index in [-0.39, 0.29) is 23.1 Å². The largest absolute Gasteiger partial charge is 0.469 e. The molecule has 1 unspecified atom stereocenters. The van der Waals surface area contributed by atoms with Crippen LogP contribution in [0.2, 0.25) is 0 Å². The highest BCUT2D eigenvalue weighted by Crippen LogP contribution is 2.27. The van der Waals surface area contributed by atoms with Gasteiger partial charge in [-0.25, -0.2) is 8.42 Å². The molecule has 116 valence electrons. The number of hydrogen-bond acceptors (Lipinski definition) is 5. The van der Waals surface area contributed by atoms with Crippen LogP contribution in [0.15, 0.2) is 23.1 Å². The second kappa shape index (κ2) is 6.03. The minimum absolute atomic E-state index is 0.0959. The van der Waals surface area contributed by atoms with E-state index in [4.69, 9.17) is 10.5 Å². The minimum atomic E-state index is -3.68. The quantitative estimate of drug-likeness (QED) is 0.668. The lowest BCUT2D eigenvalue weighted by Gasteiger charge is -2.30. The van der Waals surface area contributed by atoms with E-state index >= 15 is 0 Å². The van der Waals surface area contributed by atoms with Gasteiger partial charge in [0.25, 0.3) is 0 Å². The van der Waals surface area contributed by atoms with Gasteiger partial charge in [0, 0.05) is 13.1 Å². The van der Waals surface area contributed by atoms with Crippen LogP contribution in [0.5, 0.6) is 0 Å². The van der Waals surface area contributed by atoms with E-state index in [1.54, 1.807) is 12.1 Å². The molecule has 6 nitrogen and oxygen atoms in total. The molecule has 1 aliphatic rings. The second-order valence-electron chi connectivity index (χ2n) is 5.27. The van der Waals surface area contributed by atoms with Gasteiger partial charge < -0.3 is 10.5 Å². The predicted octanol–water partition coefficient (Wildman–Crippen LogP) is 1.15. The van der Waals surface area contributed by atoms with E-state index in [1.165, 1.54) is 17.5 Å². The molecule has 0 radical (unpaired) electrons. The summed E-state index contributed by atoms with van der Waals surface area (Å²) in [4.78, 5) is 11.7. The van der Waals surface area contributed by atoms with Gasteiger partial charge in [-0.1, -0.05) is 6.07 Å². The van der Waals surface area contributed by atoms with Gasteiger partial charge in [-0.15, -0.1) is 0 Å². The number of carbonyl (C=O) groups excluding carboxylic acids is 1. The number of sulfonamides is 1. The third kappa shape index (κ3) is 3.19. The van der Waals surface area contributed by atoms with Crippen molar-refractivity contribution in [3.05, 3.63) is 23.8 Å². The zero-order valence-electron chi connectivity index (χ0n) is 12.2. The molecule has 2 N–H and O–H groups in total. The van der Waals surface area contributed by atoms with Crippen molar-refractivity contribution in [2.45, 2.75) is 24.7 Å². The van der Waals surface area contributed by atoms with Gasteiger partial charge in [0.15, 0.2) is 0 Å². The number of rotatable bonds is 3. The number of aryl methyl sites for hydroxylation is 1. The van der Waals surface area contributed by atoms with Crippen LogP contribution in [0.3, 0.4) is 0 Å². The first-order chi connectivity index (χ1) is 9.86. The van der Waals surface area contributed by atoms with Crippen LogP contribution >= 0.6 is 0 Å². The molecule has 1 fully saturated rings. The lowest BCUT2D eigenvalue weighted by molar-refractivity contribution is -0.146. The standard InChI is InChI=1S/C14H20N2O4S/c1-10-5-6-13(12(15)8-10)21(18,19)16-7-3-4-11(9-16)14(17)20-2/h5-6,8,11H,3-4,7,9,15H2,1-2H3. The molecule has 0 spiro atoms. The average molecular weight is 312 g/mol. The van der Waals surface area contributed by atoms with Gasteiger partial charge in [0.05, 0.1) is 18.7 Å². The van der Waals surface area contributed by atoms with E-state index < -0.39 is 15.9 Å². The summed E-state index contributed by atoms with van der Waals surface area (Å²) in [5.74, 6) is -0.781. The highest BCUT2D eigenvalue weighted by atomic mass is 32.2. The van der Waals surface area contributed by atoms with Crippen LogP contribution < -0.4 is 5.73 Å². The monoisotopic (exact) mass is 312 g/mol. The smallest absolute Gasteiger partial charge is 0.309 e. The van der Waals surface area contributed by atoms with E-state index in [2.05, 4.69) is 0 Å². The summed E-state index contributed by atoms with van der Waals surface area (Å²) in [5, 5.41) is 0. The molecule has 1 saturated heterocycles. The van der Waals surface area contributed by atoms with Crippen molar-refractivity contribution >= 4 is 21.7 Å². The van der Waals surface area contributed by atoms with E-state index in [0.717, 1.165) is 5.56 Å². The molecule has 7 heteroatoms. The molecule has 1 aromatic rings. The van der Waals surface area contributed by atoms with Crippen LogP contribution in [0, 0.1) is 12.8 Å². The van der Waals surface area contributed by atoms with Crippen molar-refractivity contribution in [1.29, 1.82) is 0 Å². The first-order valence-corrected chi connectivity index (χ1v) is 8.24. The molecule has 2 rings (SSSR count). The van der Waals surface area contributed by atoms with Crippen molar-refractivity contribution < 1.29 is 17.9 Å². The fourth-order valence-corrected chi connectivity index (χ4v) is 4.18. The van der Waals surface area contributed by atoms with Crippen LogP contribution in [-0.4, -0.2) is 38.9 Å². The van der Waals surface area contributed by atoms with Crippen molar-refractivity contribution in [1.82, 2.24) is 4.31 Å². The molecular weight excluding hydrogens is 292 g/mol. The Kier molecular flexibility index (Phi) is 4.53. The van der Waals surface area contributed by atoms with Gasteiger partial charge in [-0.2, -0.15) is 4.31 Å². The maximum absolute atomic E-state index is 12.7. The summed E-state index contributed by atoms with van der Waals surface area (Å²) >= 11 is 0. The molecule has 0 bridgehead atoms. The van der Waals surface area contributed by atoms with Crippen molar-refractivity contribution in [2.75, 3.05) is 25.9 Å². The van der Waals surface area contributed by atoms with Gasteiger partial charge in [-0.05, 0) is 37.5 Å². The van der Waals surface area contributed by atoms with Crippen molar-refractivity contribution in [2.24, 2.45) is 5.92 Å². The Labute approximate surface area is 124 Å².